The molecule has 2 heteroatoms. The Hall–Kier alpha value is -0.0800. The Morgan fingerprint density at radius 3 is 2.53 bits per heavy atom. The average Bonchev–Trinajstić information content (AvgIpc) is 2.34. The largest absolute Gasteiger partial charge is 0.314 e. The Bertz CT molecular complexity index is 187. The molecule has 0 aromatic heterocycles. The fourth-order valence-electron chi connectivity index (χ4n) is 2.80. The van der Waals surface area contributed by atoms with E-state index in [0.29, 0.717) is 6.04 Å². The molecule has 1 saturated heterocycles. The van der Waals surface area contributed by atoms with Gasteiger partial charge in [-0.25, -0.2) is 0 Å². The standard InChI is InChI=1S/C15H32N2/c1-5-14(6-2)11-17-9-7-8-15(12-17)10-16-13(3)4/h13-16H,5-12H2,1-4H3. The Morgan fingerprint density at radius 2 is 1.94 bits per heavy atom. The molecule has 1 fully saturated rings. The Balaban J connectivity index is 2.27. The maximum absolute atomic E-state index is 3.59. The predicted octanol–water partition coefficient (Wildman–Crippen LogP) is 3.13. The van der Waals surface area contributed by atoms with Gasteiger partial charge in [0.1, 0.15) is 0 Å². The molecule has 0 aromatic carbocycles. The molecule has 1 aliphatic heterocycles. The number of nitrogens with one attached hydrogen (secondary N) is 1. The van der Waals surface area contributed by atoms with E-state index in [1.165, 1.54) is 51.9 Å². The molecule has 0 amide bonds. The van der Waals surface area contributed by atoms with Gasteiger partial charge in [-0.2, -0.15) is 0 Å². The van der Waals surface area contributed by atoms with Gasteiger partial charge < -0.3 is 10.2 Å². The lowest BCUT2D eigenvalue weighted by atomic mass is 9.95. The van der Waals surface area contributed by atoms with Crippen molar-refractivity contribution in [3.8, 4) is 0 Å². The van der Waals surface area contributed by atoms with Crippen LogP contribution >= 0.6 is 0 Å². The molecule has 17 heavy (non-hydrogen) atoms. The molecule has 102 valence electrons. The molecular formula is C15H32N2. The second-order valence-corrected chi connectivity index (χ2v) is 6.01. The maximum atomic E-state index is 3.59. The minimum atomic E-state index is 0.629. The maximum Gasteiger partial charge on any atom is 0.00219 e. The summed E-state index contributed by atoms with van der Waals surface area (Å²) in [5.41, 5.74) is 0. The van der Waals surface area contributed by atoms with E-state index < -0.39 is 0 Å². The third kappa shape index (κ3) is 5.87. The number of piperidine rings is 1. The van der Waals surface area contributed by atoms with Crippen LogP contribution in [0.2, 0.25) is 0 Å². The molecule has 0 radical (unpaired) electrons. The van der Waals surface area contributed by atoms with Crippen molar-refractivity contribution < 1.29 is 0 Å². The van der Waals surface area contributed by atoms with Crippen LogP contribution in [0.1, 0.15) is 53.4 Å². The molecular weight excluding hydrogens is 208 g/mol. The second-order valence-electron chi connectivity index (χ2n) is 6.01. The van der Waals surface area contributed by atoms with Crippen molar-refractivity contribution in [1.29, 1.82) is 0 Å². The van der Waals surface area contributed by atoms with Crippen LogP contribution in [0.5, 0.6) is 0 Å². The van der Waals surface area contributed by atoms with Crippen molar-refractivity contribution in [2.24, 2.45) is 11.8 Å². The summed E-state index contributed by atoms with van der Waals surface area (Å²) in [5.74, 6) is 1.78. The summed E-state index contributed by atoms with van der Waals surface area (Å²) in [4.78, 5) is 2.70. The first-order chi connectivity index (χ1) is 8.15. The van der Waals surface area contributed by atoms with Gasteiger partial charge in [-0.1, -0.05) is 40.5 Å². The van der Waals surface area contributed by atoms with Gasteiger partial charge in [0.25, 0.3) is 0 Å². The SMILES string of the molecule is CCC(CC)CN1CCCC(CNC(C)C)C1. The van der Waals surface area contributed by atoms with Gasteiger partial charge in [0, 0.05) is 19.1 Å². The van der Waals surface area contributed by atoms with E-state index in [2.05, 4.69) is 37.9 Å². The minimum absolute atomic E-state index is 0.629. The molecule has 1 aliphatic rings. The summed E-state index contributed by atoms with van der Waals surface area (Å²) in [7, 11) is 0. The lowest BCUT2D eigenvalue weighted by molar-refractivity contribution is 0.145. The second kappa shape index (κ2) is 8.10. The minimum Gasteiger partial charge on any atom is -0.314 e. The van der Waals surface area contributed by atoms with E-state index in [1.54, 1.807) is 0 Å². The highest BCUT2D eigenvalue weighted by molar-refractivity contribution is 4.76. The summed E-state index contributed by atoms with van der Waals surface area (Å²) >= 11 is 0. The fraction of sp³-hybridized carbons (Fsp3) is 1.00. The molecule has 1 heterocycles. The smallest absolute Gasteiger partial charge is 0.00219 e. The van der Waals surface area contributed by atoms with Crippen LogP contribution in [0.25, 0.3) is 0 Å². The van der Waals surface area contributed by atoms with Crippen LogP contribution in [-0.4, -0.2) is 37.1 Å². The third-order valence-electron chi connectivity index (χ3n) is 4.09. The van der Waals surface area contributed by atoms with E-state index in [4.69, 9.17) is 0 Å². The van der Waals surface area contributed by atoms with E-state index in [-0.39, 0.29) is 0 Å². The van der Waals surface area contributed by atoms with Gasteiger partial charge in [-0.05, 0) is 37.8 Å². The highest BCUT2D eigenvalue weighted by Crippen LogP contribution is 2.19. The van der Waals surface area contributed by atoms with Gasteiger partial charge in [-0.3, -0.25) is 0 Å². The Kier molecular flexibility index (Phi) is 7.14. The number of likely N-dealkylation sites (tertiary alicyclic amines) is 1. The first kappa shape index (κ1) is 15.0. The average molecular weight is 240 g/mol. The fourth-order valence-corrected chi connectivity index (χ4v) is 2.80. The van der Waals surface area contributed by atoms with Crippen LogP contribution in [0.4, 0.5) is 0 Å². The number of rotatable bonds is 7. The summed E-state index contributed by atoms with van der Waals surface area (Å²) in [6.07, 6.45) is 5.48. The van der Waals surface area contributed by atoms with Crippen molar-refractivity contribution >= 4 is 0 Å². The monoisotopic (exact) mass is 240 g/mol. The lowest BCUT2D eigenvalue weighted by Crippen LogP contribution is -2.42. The molecule has 0 aromatic rings. The van der Waals surface area contributed by atoms with E-state index >= 15 is 0 Å². The van der Waals surface area contributed by atoms with Crippen molar-refractivity contribution in [3.63, 3.8) is 0 Å². The summed E-state index contributed by atoms with van der Waals surface area (Å²) in [6, 6.07) is 0.629. The first-order valence-electron chi connectivity index (χ1n) is 7.61. The lowest BCUT2D eigenvalue weighted by Gasteiger charge is -2.35. The van der Waals surface area contributed by atoms with Gasteiger partial charge in [0.2, 0.25) is 0 Å². The highest BCUT2D eigenvalue weighted by atomic mass is 15.1. The highest BCUT2D eigenvalue weighted by Gasteiger charge is 2.21. The predicted molar refractivity (Wildman–Crippen MR) is 76.4 cm³/mol. The molecule has 0 saturated carbocycles. The molecule has 1 unspecified atom stereocenters. The zero-order valence-corrected chi connectivity index (χ0v) is 12.3. The van der Waals surface area contributed by atoms with Crippen LogP contribution in [0.3, 0.4) is 0 Å². The quantitative estimate of drug-likeness (QED) is 0.735. The zero-order valence-electron chi connectivity index (χ0n) is 12.3. The topological polar surface area (TPSA) is 15.3 Å². The molecule has 1 N–H and O–H groups in total. The van der Waals surface area contributed by atoms with Crippen LogP contribution in [0, 0.1) is 11.8 Å². The molecule has 2 nitrogen and oxygen atoms in total. The normalized spacial score (nSPS) is 22.6. The van der Waals surface area contributed by atoms with Gasteiger partial charge in [0.05, 0.1) is 0 Å². The molecule has 1 atom stereocenters. The Labute approximate surface area is 108 Å². The van der Waals surface area contributed by atoms with Gasteiger partial charge in [0.15, 0.2) is 0 Å². The molecule has 0 bridgehead atoms. The summed E-state index contributed by atoms with van der Waals surface area (Å²) in [5, 5.41) is 3.59. The zero-order chi connectivity index (χ0) is 12.7. The summed E-state index contributed by atoms with van der Waals surface area (Å²) < 4.78 is 0. The van der Waals surface area contributed by atoms with Crippen LogP contribution in [0.15, 0.2) is 0 Å². The van der Waals surface area contributed by atoms with Gasteiger partial charge >= 0.3 is 0 Å². The van der Waals surface area contributed by atoms with Crippen molar-refractivity contribution in [1.82, 2.24) is 10.2 Å². The molecule has 1 rings (SSSR count). The van der Waals surface area contributed by atoms with E-state index in [0.717, 1.165) is 11.8 Å². The van der Waals surface area contributed by atoms with E-state index in [9.17, 15) is 0 Å². The number of hydrogen-bond donors (Lipinski definition) is 1. The van der Waals surface area contributed by atoms with Crippen LogP contribution in [-0.2, 0) is 0 Å². The Morgan fingerprint density at radius 1 is 1.24 bits per heavy atom. The number of hydrogen-bond acceptors (Lipinski definition) is 2. The van der Waals surface area contributed by atoms with Gasteiger partial charge in [-0.15, -0.1) is 0 Å². The third-order valence-corrected chi connectivity index (χ3v) is 4.09. The van der Waals surface area contributed by atoms with Crippen LogP contribution < -0.4 is 5.32 Å². The van der Waals surface area contributed by atoms with E-state index in [1.807, 2.05) is 0 Å². The van der Waals surface area contributed by atoms with Crippen molar-refractivity contribution in [2.45, 2.75) is 59.4 Å². The van der Waals surface area contributed by atoms with Crippen molar-refractivity contribution in [2.75, 3.05) is 26.2 Å². The number of nitrogens with zero attached hydrogens (tertiary/aromatic N) is 1. The van der Waals surface area contributed by atoms with Crippen molar-refractivity contribution in [3.05, 3.63) is 0 Å². The summed E-state index contributed by atoms with van der Waals surface area (Å²) in [6.45, 7) is 14.3. The molecule has 0 aliphatic carbocycles. The first-order valence-corrected chi connectivity index (χ1v) is 7.61. The molecule has 0 spiro atoms.